The van der Waals surface area contributed by atoms with Crippen LogP contribution in [0.5, 0.6) is 0 Å². The van der Waals surface area contributed by atoms with Crippen LogP contribution in [0.1, 0.15) is 27.2 Å². The number of rotatable bonds is 3. The molecule has 0 aromatic carbocycles. The summed E-state index contributed by atoms with van der Waals surface area (Å²) in [5, 5.41) is 10.4. The van der Waals surface area contributed by atoms with Gasteiger partial charge in [0.25, 0.3) is 0 Å². The number of hydrogen-bond donors (Lipinski definition) is 1. The van der Waals surface area contributed by atoms with E-state index in [-0.39, 0.29) is 6.10 Å². The zero-order valence-corrected chi connectivity index (χ0v) is 8.86. The van der Waals surface area contributed by atoms with Gasteiger partial charge >= 0.3 is 0 Å². The standard InChI is InChI=1S/C9H18O2S/c1-7(2)11-6-9(10)4-5-12-8(9)3/h7-8,10H,4-6H2,1-3H3. The monoisotopic (exact) mass is 190 g/mol. The molecule has 72 valence electrons. The predicted octanol–water partition coefficient (Wildman–Crippen LogP) is 1.67. The van der Waals surface area contributed by atoms with Gasteiger partial charge in [0.15, 0.2) is 0 Å². The molecule has 0 saturated carbocycles. The van der Waals surface area contributed by atoms with Gasteiger partial charge in [0.2, 0.25) is 0 Å². The highest BCUT2D eigenvalue weighted by Gasteiger charge is 2.39. The summed E-state index contributed by atoms with van der Waals surface area (Å²) in [6.45, 7) is 6.55. The maximum Gasteiger partial charge on any atom is 0.100 e. The summed E-state index contributed by atoms with van der Waals surface area (Å²) in [5.74, 6) is 1.05. The molecule has 1 aliphatic rings. The summed E-state index contributed by atoms with van der Waals surface area (Å²) in [6, 6.07) is 0. The average Bonchev–Trinajstić information content (AvgIpc) is 2.30. The minimum Gasteiger partial charge on any atom is -0.386 e. The Morgan fingerprint density at radius 2 is 2.33 bits per heavy atom. The number of ether oxygens (including phenoxy) is 1. The first kappa shape index (κ1) is 10.4. The van der Waals surface area contributed by atoms with Crippen molar-refractivity contribution >= 4 is 11.8 Å². The zero-order chi connectivity index (χ0) is 9.19. The molecule has 0 aliphatic carbocycles. The lowest BCUT2D eigenvalue weighted by Gasteiger charge is -2.27. The van der Waals surface area contributed by atoms with Crippen molar-refractivity contribution in [2.75, 3.05) is 12.4 Å². The summed E-state index contributed by atoms with van der Waals surface area (Å²) < 4.78 is 5.44. The van der Waals surface area contributed by atoms with E-state index >= 15 is 0 Å². The summed E-state index contributed by atoms with van der Waals surface area (Å²) in [5.41, 5.74) is -0.574. The second-order valence-electron chi connectivity index (χ2n) is 3.73. The second-order valence-corrected chi connectivity index (χ2v) is 5.18. The Bertz CT molecular complexity index is 149. The summed E-state index contributed by atoms with van der Waals surface area (Å²) in [4.78, 5) is 0. The largest absolute Gasteiger partial charge is 0.386 e. The smallest absolute Gasteiger partial charge is 0.100 e. The lowest BCUT2D eigenvalue weighted by molar-refractivity contribution is -0.0606. The Kier molecular flexibility index (Phi) is 3.44. The Morgan fingerprint density at radius 3 is 2.75 bits per heavy atom. The summed E-state index contributed by atoms with van der Waals surface area (Å²) in [6.07, 6.45) is 1.08. The van der Waals surface area contributed by atoms with Gasteiger partial charge in [0.1, 0.15) is 5.60 Å². The molecule has 0 bridgehead atoms. The molecule has 1 heterocycles. The van der Waals surface area contributed by atoms with Gasteiger partial charge in [0.05, 0.1) is 12.7 Å². The molecule has 0 spiro atoms. The maximum atomic E-state index is 10.1. The third-order valence-electron chi connectivity index (χ3n) is 2.33. The van der Waals surface area contributed by atoms with Gasteiger partial charge in [-0.1, -0.05) is 6.92 Å². The molecule has 2 atom stereocenters. The number of aliphatic hydroxyl groups is 1. The van der Waals surface area contributed by atoms with E-state index < -0.39 is 5.60 Å². The fourth-order valence-electron chi connectivity index (χ4n) is 1.27. The first-order valence-corrected chi connectivity index (χ1v) is 5.55. The van der Waals surface area contributed by atoms with Gasteiger partial charge in [-0.15, -0.1) is 0 Å². The van der Waals surface area contributed by atoms with Gasteiger partial charge in [-0.3, -0.25) is 0 Å². The van der Waals surface area contributed by atoms with Crippen molar-refractivity contribution < 1.29 is 9.84 Å². The minimum atomic E-state index is -0.574. The van der Waals surface area contributed by atoms with Crippen LogP contribution in [0.15, 0.2) is 0 Å². The van der Waals surface area contributed by atoms with Crippen LogP contribution in [0.3, 0.4) is 0 Å². The second kappa shape index (κ2) is 3.99. The first-order valence-electron chi connectivity index (χ1n) is 4.50. The zero-order valence-electron chi connectivity index (χ0n) is 8.04. The van der Waals surface area contributed by atoms with E-state index in [4.69, 9.17) is 4.74 Å². The molecule has 1 aliphatic heterocycles. The van der Waals surface area contributed by atoms with Crippen LogP contribution >= 0.6 is 11.8 Å². The van der Waals surface area contributed by atoms with Gasteiger partial charge in [-0.2, -0.15) is 11.8 Å². The van der Waals surface area contributed by atoms with E-state index in [1.165, 1.54) is 0 Å². The molecule has 1 rings (SSSR count). The van der Waals surface area contributed by atoms with E-state index in [1.807, 2.05) is 25.6 Å². The van der Waals surface area contributed by atoms with Crippen LogP contribution in [-0.4, -0.2) is 34.4 Å². The molecule has 12 heavy (non-hydrogen) atoms. The van der Waals surface area contributed by atoms with Gasteiger partial charge in [-0.25, -0.2) is 0 Å². The van der Waals surface area contributed by atoms with Crippen molar-refractivity contribution in [3.8, 4) is 0 Å². The van der Waals surface area contributed by atoms with E-state index in [1.54, 1.807) is 0 Å². The molecule has 0 radical (unpaired) electrons. The fraction of sp³-hybridized carbons (Fsp3) is 1.00. The molecule has 1 N–H and O–H groups in total. The molecule has 0 amide bonds. The van der Waals surface area contributed by atoms with Crippen LogP contribution in [0, 0.1) is 0 Å². The lowest BCUT2D eigenvalue weighted by atomic mass is 9.99. The molecular formula is C9H18O2S. The van der Waals surface area contributed by atoms with Crippen molar-refractivity contribution in [3.63, 3.8) is 0 Å². The molecule has 1 fully saturated rings. The van der Waals surface area contributed by atoms with Gasteiger partial charge < -0.3 is 9.84 Å². The van der Waals surface area contributed by atoms with Crippen LogP contribution in [0.4, 0.5) is 0 Å². The summed E-state index contributed by atoms with van der Waals surface area (Å²) >= 11 is 1.83. The van der Waals surface area contributed by atoms with Crippen molar-refractivity contribution in [3.05, 3.63) is 0 Å². The third-order valence-corrected chi connectivity index (χ3v) is 3.70. The van der Waals surface area contributed by atoms with Crippen molar-refractivity contribution in [2.24, 2.45) is 0 Å². The quantitative estimate of drug-likeness (QED) is 0.734. The molecule has 2 unspecified atom stereocenters. The van der Waals surface area contributed by atoms with E-state index in [0.29, 0.717) is 11.9 Å². The van der Waals surface area contributed by atoms with E-state index in [0.717, 1.165) is 12.2 Å². The molecule has 0 aromatic heterocycles. The van der Waals surface area contributed by atoms with E-state index in [2.05, 4.69) is 6.92 Å². The average molecular weight is 190 g/mol. The van der Waals surface area contributed by atoms with Crippen LogP contribution in [-0.2, 0) is 4.74 Å². The Labute approximate surface area is 78.7 Å². The van der Waals surface area contributed by atoms with Crippen molar-refractivity contribution in [1.29, 1.82) is 0 Å². The molecule has 2 nitrogen and oxygen atoms in total. The van der Waals surface area contributed by atoms with Gasteiger partial charge in [-0.05, 0) is 26.0 Å². The highest BCUT2D eigenvalue weighted by Crippen LogP contribution is 2.35. The van der Waals surface area contributed by atoms with Crippen LogP contribution < -0.4 is 0 Å². The Balaban J connectivity index is 2.37. The third kappa shape index (κ3) is 2.38. The van der Waals surface area contributed by atoms with E-state index in [9.17, 15) is 5.11 Å². The maximum absolute atomic E-state index is 10.1. The minimum absolute atomic E-state index is 0.215. The fourth-order valence-corrected chi connectivity index (χ4v) is 2.59. The van der Waals surface area contributed by atoms with Crippen molar-refractivity contribution in [2.45, 2.75) is 44.1 Å². The molecular weight excluding hydrogens is 172 g/mol. The van der Waals surface area contributed by atoms with Crippen molar-refractivity contribution in [1.82, 2.24) is 0 Å². The molecule has 3 heteroatoms. The first-order chi connectivity index (χ1) is 5.54. The highest BCUT2D eigenvalue weighted by molar-refractivity contribution is 8.00. The lowest BCUT2D eigenvalue weighted by Crippen LogP contribution is -2.40. The molecule has 1 saturated heterocycles. The van der Waals surface area contributed by atoms with Crippen LogP contribution in [0.2, 0.25) is 0 Å². The SMILES string of the molecule is CC(C)OCC1(O)CCSC1C. The highest BCUT2D eigenvalue weighted by atomic mass is 32.2. The Morgan fingerprint density at radius 1 is 1.67 bits per heavy atom. The Hall–Kier alpha value is 0.270. The van der Waals surface area contributed by atoms with Crippen LogP contribution in [0.25, 0.3) is 0 Å². The number of hydrogen-bond acceptors (Lipinski definition) is 3. The normalized spacial score (nSPS) is 36.2. The predicted molar refractivity (Wildman–Crippen MR) is 52.6 cm³/mol. The summed E-state index contributed by atoms with van der Waals surface area (Å²) in [7, 11) is 0. The van der Waals surface area contributed by atoms with Gasteiger partial charge in [0, 0.05) is 5.25 Å². The number of thioether (sulfide) groups is 1. The topological polar surface area (TPSA) is 29.5 Å². The molecule has 0 aromatic rings.